The van der Waals surface area contributed by atoms with Crippen molar-refractivity contribution < 1.29 is 4.79 Å². The van der Waals surface area contributed by atoms with Gasteiger partial charge in [-0.3, -0.25) is 4.79 Å². The topological polar surface area (TPSA) is 54.9 Å². The third-order valence-corrected chi connectivity index (χ3v) is 3.06. The van der Waals surface area contributed by atoms with E-state index in [0.29, 0.717) is 10.7 Å². The van der Waals surface area contributed by atoms with Crippen molar-refractivity contribution in [3.05, 3.63) is 38.8 Å². The minimum atomic E-state index is -0.377. The number of amides is 1. The third-order valence-electron chi connectivity index (χ3n) is 1.72. The van der Waals surface area contributed by atoms with Gasteiger partial charge in [-0.2, -0.15) is 0 Å². The fourth-order valence-corrected chi connectivity index (χ4v) is 1.94. The van der Waals surface area contributed by atoms with Crippen LogP contribution in [0.25, 0.3) is 0 Å². The first-order valence-electron chi connectivity index (χ1n) is 4.21. The molecule has 0 aliphatic rings. The fraction of sp³-hybridized carbons (Fsp3) is 0. The average Bonchev–Trinajstić information content (AvgIpc) is 2.68. The second-order valence-corrected chi connectivity index (χ2v) is 4.76. The van der Waals surface area contributed by atoms with Crippen LogP contribution in [0.15, 0.2) is 24.3 Å². The van der Waals surface area contributed by atoms with Crippen molar-refractivity contribution in [1.82, 2.24) is 10.2 Å². The molecule has 1 aromatic heterocycles. The van der Waals surface area contributed by atoms with Crippen LogP contribution >= 0.6 is 34.5 Å². The number of nitrogens with one attached hydrogen (secondary N) is 1. The molecule has 82 valence electrons. The van der Waals surface area contributed by atoms with Gasteiger partial charge in [-0.25, -0.2) is 0 Å². The van der Waals surface area contributed by atoms with E-state index in [1.54, 1.807) is 24.3 Å². The van der Waals surface area contributed by atoms with Gasteiger partial charge in [0.2, 0.25) is 9.47 Å². The number of para-hydroxylation sites is 1. The molecule has 16 heavy (non-hydrogen) atoms. The van der Waals surface area contributed by atoms with Crippen LogP contribution in [-0.2, 0) is 0 Å². The lowest BCUT2D eigenvalue weighted by Gasteiger charge is -2.03. The molecule has 0 unspecified atom stereocenters. The highest BCUT2D eigenvalue weighted by atomic mass is 35.5. The Labute approximate surface area is 105 Å². The van der Waals surface area contributed by atoms with Gasteiger partial charge < -0.3 is 5.32 Å². The van der Waals surface area contributed by atoms with Crippen molar-refractivity contribution >= 4 is 46.1 Å². The number of hydrogen-bond acceptors (Lipinski definition) is 4. The van der Waals surface area contributed by atoms with E-state index in [0.717, 1.165) is 11.3 Å². The molecule has 0 atom stereocenters. The van der Waals surface area contributed by atoms with E-state index in [4.69, 9.17) is 23.2 Å². The lowest BCUT2D eigenvalue weighted by atomic mass is 10.3. The summed E-state index contributed by atoms with van der Waals surface area (Å²) in [6, 6.07) is 6.93. The molecule has 0 spiro atoms. The number of carbonyl (C=O) groups is 1. The van der Waals surface area contributed by atoms with Gasteiger partial charge in [0.1, 0.15) is 0 Å². The van der Waals surface area contributed by atoms with Crippen LogP contribution in [0, 0.1) is 0 Å². The Bertz CT molecular complexity index is 529. The molecule has 7 heteroatoms. The van der Waals surface area contributed by atoms with Gasteiger partial charge in [0, 0.05) is 0 Å². The summed E-state index contributed by atoms with van der Waals surface area (Å²) in [7, 11) is 0. The molecule has 0 aliphatic carbocycles. The normalized spacial score (nSPS) is 10.1. The number of halogens is 2. The van der Waals surface area contributed by atoms with Crippen LogP contribution < -0.4 is 5.32 Å². The maximum absolute atomic E-state index is 11.7. The zero-order valence-electron chi connectivity index (χ0n) is 7.78. The molecule has 0 saturated heterocycles. The molecule has 4 nitrogen and oxygen atoms in total. The quantitative estimate of drug-likeness (QED) is 0.915. The molecule has 1 aromatic carbocycles. The molecule has 1 N–H and O–H groups in total. The number of anilines is 1. The summed E-state index contributed by atoms with van der Waals surface area (Å²) in [5.74, 6) is -0.377. The monoisotopic (exact) mass is 273 g/mol. The van der Waals surface area contributed by atoms with Crippen LogP contribution in [0.3, 0.4) is 0 Å². The highest BCUT2D eigenvalue weighted by Gasteiger charge is 2.13. The molecule has 0 saturated carbocycles. The lowest BCUT2D eigenvalue weighted by molar-refractivity contribution is 0.102. The number of carbonyl (C=O) groups excluding carboxylic acids is 1. The van der Waals surface area contributed by atoms with Crippen molar-refractivity contribution in [2.24, 2.45) is 0 Å². The third kappa shape index (κ3) is 2.49. The van der Waals surface area contributed by atoms with Crippen LogP contribution in [0.2, 0.25) is 9.49 Å². The molecule has 0 aliphatic heterocycles. The first-order valence-corrected chi connectivity index (χ1v) is 5.79. The predicted octanol–water partition coefficient (Wildman–Crippen LogP) is 3.10. The van der Waals surface area contributed by atoms with Gasteiger partial charge in [0.25, 0.3) is 5.91 Å². The summed E-state index contributed by atoms with van der Waals surface area (Å²) in [6.45, 7) is 0. The van der Waals surface area contributed by atoms with Crippen LogP contribution in [-0.4, -0.2) is 16.1 Å². The summed E-state index contributed by atoms with van der Waals surface area (Å²) in [4.78, 5) is 11.7. The van der Waals surface area contributed by atoms with E-state index in [1.807, 2.05) is 0 Å². The van der Waals surface area contributed by atoms with E-state index >= 15 is 0 Å². The van der Waals surface area contributed by atoms with Crippen molar-refractivity contribution in [3.63, 3.8) is 0 Å². The number of nitrogens with zero attached hydrogens (tertiary/aromatic N) is 2. The summed E-state index contributed by atoms with van der Waals surface area (Å²) >= 11 is 12.5. The largest absolute Gasteiger partial charge is 0.318 e. The first kappa shape index (κ1) is 11.3. The van der Waals surface area contributed by atoms with Crippen molar-refractivity contribution in [1.29, 1.82) is 0 Å². The molecular weight excluding hydrogens is 269 g/mol. The number of aromatic nitrogens is 2. The Hall–Kier alpha value is -1.17. The SMILES string of the molecule is O=C(Nc1ccccc1Cl)c1nnc(Cl)s1. The summed E-state index contributed by atoms with van der Waals surface area (Å²) < 4.78 is 0.226. The van der Waals surface area contributed by atoms with Crippen molar-refractivity contribution in [2.75, 3.05) is 5.32 Å². The Morgan fingerprint density at radius 2 is 2.00 bits per heavy atom. The molecule has 0 bridgehead atoms. The van der Waals surface area contributed by atoms with Crippen LogP contribution in [0.5, 0.6) is 0 Å². The molecule has 2 aromatic rings. The van der Waals surface area contributed by atoms with Gasteiger partial charge >= 0.3 is 0 Å². The zero-order valence-corrected chi connectivity index (χ0v) is 10.1. The summed E-state index contributed by atoms with van der Waals surface area (Å²) in [5, 5.41) is 10.4. The Balaban J connectivity index is 2.17. The molecule has 0 radical (unpaired) electrons. The minimum Gasteiger partial charge on any atom is -0.318 e. The van der Waals surface area contributed by atoms with Crippen LogP contribution in [0.4, 0.5) is 5.69 Å². The van der Waals surface area contributed by atoms with E-state index in [2.05, 4.69) is 15.5 Å². The smallest absolute Gasteiger partial charge is 0.286 e. The minimum absolute atomic E-state index is 0.199. The standard InChI is InChI=1S/C9H5Cl2N3OS/c10-5-3-1-2-4-6(5)12-7(15)8-13-14-9(11)16-8/h1-4H,(H,12,15). The Kier molecular flexibility index (Phi) is 3.38. The van der Waals surface area contributed by atoms with Gasteiger partial charge in [-0.15, -0.1) is 10.2 Å². The number of rotatable bonds is 2. The van der Waals surface area contributed by atoms with Gasteiger partial charge in [-0.05, 0) is 23.7 Å². The number of hydrogen-bond donors (Lipinski definition) is 1. The second-order valence-electron chi connectivity index (χ2n) is 2.79. The molecular formula is C9H5Cl2N3OS. The Morgan fingerprint density at radius 3 is 2.62 bits per heavy atom. The maximum atomic E-state index is 11.7. The van der Waals surface area contributed by atoms with E-state index in [9.17, 15) is 4.79 Å². The lowest BCUT2D eigenvalue weighted by Crippen LogP contribution is -2.11. The summed E-state index contributed by atoms with van der Waals surface area (Å²) in [5.41, 5.74) is 0.528. The van der Waals surface area contributed by atoms with Crippen LogP contribution in [0.1, 0.15) is 9.80 Å². The summed E-state index contributed by atoms with van der Waals surface area (Å²) in [6.07, 6.45) is 0. The highest BCUT2D eigenvalue weighted by molar-refractivity contribution is 7.17. The highest BCUT2D eigenvalue weighted by Crippen LogP contribution is 2.22. The zero-order chi connectivity index (χ0) is 11.5. The fourth-order valence-electron chi connectivity index (χ4n) is 1.04. The first-order chi connectivity index (χ1) is 7.66. The van der Waals surface area contributed by atoms with Crippen molar-refractivity contribution in [3.8, 4) is 0 Å². The molecule has 0 fully saturated rings. The van der Waals surface area contributed by atoms with E-state index < -0.39 is 0 Å². The molecule has 1 heterocycles. The van der Waals surface area contributed by atoms with Gasteiger partial charge in [-0.1, -0.05) is 35.1 Å². The number of benzene rings is 1. The maximum Gasteiger partial charge on any atom is 0.286 e. The molecule has 2 rings (SSSR count). The average molecular weight is 274 g/mol. The predicted molar refractivity (Wildman–Crippen MR) is 64.3 cm³/mol. The van der Waals surface area contributed by atoms with E-state index in [-0.39, 0.29) is 15.4 Å². The van der Waals surface area contributed by atoms with Gasteiger partial charge in [0.05, 0.1) is 10.7 Å². The Morgan fingerprint density at radius 1 is 1.25 bits per heavy atom. The second kappa shape index (κ2) is 4.78. The van der Waals surface area contributed by atoms with Gasteiger partial charge in [0.15, 0.2) is 0 Å². The van der Waals surface area contributed by atoms with Crippen molar-refractivity contribution in [2.45, 2.75) is 0 Å². The molecule has 1 amide bonds. The van der Waals surface area contributed by atoms with E-state index in [1.165, 1.54) is 0 Å².